The smallest absolute Gasteiger partial charge is 0.248 e. The number of nitrogens with zero attached hydrogens (tertiary/aromatic N) is 3. The number of nitrogens with one attached hydrogen (secondary N) is 1. The van der Waals surface area contributed by atoms with Crippen LogP contribution in [0.4, 0.5) is 5.82 Å². The lowest BCUT2D eigenvalue weighted by molar-refractivity contribution is 0.259. The van der Waals surface area contributed by atoms with Crippen molar-refractivity contribution in [2.24, 2.45) is 0 Å². The molecule has 0 aliphatic carbocycles. The van der Waals surface area contributed by atoms with Crippen molar-refractivity contribution in [2.75, 3.05) is 37.6 Å². The Kier molecular flexibility index (Phi) is 5.24. The Morgan fingerprint density at radius 3 is 2.61 bits per heavy atom. The molecule has 1 N–H and O–H groups in total. The Balaban J connectivity index is 1.28. The summed E-state index contributed by atoms with van der Waals surface area (Å²) in [4.78, 5) is 20.1. The van der Waals surface area contributed by atoms with Gasteiger partial charge in [0.1, 0.15) is 0 Å². The zero-order valence-corrected chi connectivity index (χ0v) is 18.1. The largest absolute Gasteiger partial charge is 0.354 e. The fourth-order valence-electron chi connectivity index (χ4n) is 4.62. The van der Waals surface area contributed by atoms with Gasteiger partial charge < -0.3 is 14.4 Å². The summed E-state index contributed by atoms with van der Waals surface area (Å²) < 4.78 is 5.48. The van der Waals surface area contributed by atoms with E-state index in [0.717, 1.165) is 72.4 Å². The first-order chi connectivity index (χ1) is 15.1. The monoisotopic (exact) mass is 416 g/mol. The van der Waals surface area contributed by atoms with Crippen molar-refractivity contribution in [3.05, 3.63) is 70.0 Å². The van der Waals surface area contributed by atoms with Gasteiger partial charge in [0.15, 0.2) is 11.4 Å². The number of rotatable bonds is 5. The molecule has 2 aromatic heterocycles. The lowest BCUT2D eigenvalue weighted by Crippen LogP contribution is -2.47. The first-order valence-corrected chi connectivity index (χ1v) is 11.1. The highest BCUT2D eigenvalue weighted by Gasteiger charge is 2.21. The van der Waals surface area contributed by atoms with Crippen molar-refractivity contribution in [1.82, 2.24) is 15.0 Å². The van der Waals surface area contributed by atoms with E-state index in [1.807, 2.05) is 18.2 Å². The van der Waals surface area contributed by atoms with Crippen LogP contribution in [0.1, 0.15) is 30.9 Å². The molecule has 0 saturated carbocycles. The highest BCUT2D eigenvalue weighted by Crippen LogP contribution is 2.27. The average molecular weight is 417 g/mol. The molecule has 160 valence electrons. The van der Waals surface area contributed by atoms with Gasteiger partial charge in [0.25, 0.3) is 0 Å². The van der Waals surface area contributed by atoms with Crippen LogP contribution in [0, 0.1) is 0 Å². The van der Waals surface area contributed by atoms with Crippen LogP contribution in [0.25, 0.3) is 21.9 Å². The number of piperazine rings is 1. The maximum atomic E-state index is 12.2. The van der Waals surface area contributed by atoms with Crippen LogP contribution in [0.5, 0.6) is 0 Å². The third-order valence-electron chi connectivity index (χ3n) is 6.35. The van der Waals surface area contributed by atoms with Crippen LogP contribution in [-0.4, -0.2) is 47.8 Å². The minimum absolute atomic E-state index is 0.0166. The van der Waals surface area contributed by atoms with E-state index in [1.165, 1.54) is 5.56 Å². The maximum absolute atomic E-state index is 12.2. The van der Waals surface area contributed by atoms with Crippen LogP contribution in [0.15, 0.2) is 57.8 Å². The predicted molar refractivity (Wildman–Crippen MR) is 125 cm³/mol. The van der Waals surface area contributed by atoms with Gasteiger partial charge in [0.2, 0.25) is 5.56 Å². The van der Waals surface area contributed by atoms with Crippen molar-refractivity contribution in [3.63, 3.8) is 0 Å². The Morgan fingerprint density at radius 2 is 1.81 bits per heavy atom. The van der Waals surface area contributed by atoms with Gasteiger partial charge in [-0.3, -0.25) is 9.69 Å². The highest BCUT2D eigenvalue weighted by atomic mass is 16.5. The van der Waals surface area contributed by atoms with Crippen LogP contribution < -0.4 is 10.5 Å². The summed E-state index contributed by atoms with van der Waals surface area (Å²) in [7, 11) is 0. The fraction of sp³-hybridized carbons (Fsp3) is 0.360. The molecule has 0 spiro atoms. The lowest BCUT2D eigenvalue weighted by Gasteiger charge is -2.34. The van der Waals surface area contributed by atoms with Gasteiger partial charge >= 0.3 is 0 Å². The number of aromatic nitrogens is 2. The number of fused-ring (bicyclic) bond motifs is 2. The zero-order chi connectivity index (χ0) is 21.4. The molecule has 1 aliphatic heterocycles. The van der Waals surface area contributed by atoms with Crippen LogP contribution in [-0.2, 0) is 6.42 Å². The zero-order valence-electron chi connectivity index (χ0n) is 18.1. The first kappa shape index (κ1) is 19.8. The number of aromatic amines is 1. The second-order valence-electron chi connectivity index (χ2n) is 8.66. The number of pyridine rings is 1. The van der Waals surface area contributed by atoms with E-state index in [9.17, 15) is 4.79 Å². The van der Waals surface area contributed by atoms with E-state index in [1.54, 1.807) is 6.07 Å². The second kappa shape index (κ2) is 8.19. The molecule has 0 unspecified atom stereocenters. The van der Waals surface area contributed by atoms with Gasteiger partial charge in [0.05, 0.1) is 10.9 Å². The molecular formula is C25H28N4O2. The molecule has 2 aromatic carbocycles. The highest BCUT2D eigenvalue weighted by molar-refractivity contribution is 5.88. The normalized spacial score (nSPS) is 15.4. The molecule has 4 aromatic rings. The number of hydrogen-bond acceptors (Lipinski definition) is 5. The molecular weight excluding hydrogens is 388 g/mol. The Bertz CT molecular complexity index is 1270. The number of H-pyrrole nitrogens is 1. The van der Waals surface area contributed by atoms with Crippen molar-refractivity contribution in [2.45, 2.75) is 26.2 Å². The van der Waals surface area contributed by atoms with Gasteiger partial charge in [-0.25, -0.2) is 0 Å². The average Bonchev–Trinajstić information content (AvgIpc) is 3.21. The minimum atomic E-state index is -0.0166. The van der Waals surface area contributed by atoms with Gasteiger partial charge in [-0.1, -0.05) is 49.3 Å². The van der Waals surface area contributed by atoms with E-state index in [2.05, 4.69) is 58.1 Å². The molecule has 0 bridgehead atoms. The van der Waals surface area contributed by atoms with E-state index in [4.69, 9.17) is 4.52 Å². The van der Waals surface area contributed by atoms with Gasteiger partial charge in [0, 0.05) is 44.2 Å². The molecule has 0 radical (unpaired) electrons. The quantitative estimate of drug-likeness (QED) is 0.529. The van der Waals surface area contributed by atoms with Gasteiger partial charge in [-0.05, 0) is 35.6 Å². The summed E-state index contributed by atoms with van der Waals surface area (Å²) in [5.74, 6) is 1.27. The van der Waals surface area contributed by atoms with Crippen LogP contribution in [0.3, 0.4) is 0 Å². The third-order valence-corrected chi connectivity index (χ3v) is 6.35. The Hall–Kier alpha value is -3.12. The van der Waals surface area contributed by atoms with Gasteiger partial charge in [-0.15, -0.1) is 0 Å². The number of anilines is 1. The van der Waals surface area contributed by atoms with E-state index < -0.39 is 0 Å². The molecule has 6 heteroatoms. The standard InChI is InChI=1S/C25H28N4O2/c1-17(2)21-16-23(30)26-24-18(6-5-8-19(21)24)10-11-28-12-14-29(15-13-28)25-20-7-3-4-9-22(20)31-27-25/h3-9,16-17H,10-15H2,1-2H3,(H,26,30). The molecule has 1 aliphatic rings. The number of hydrogen-bond donors (Lipinski definition) is 1. The van der Waals surface area contributed by atoms with Crippen LogP contribution >= 0.6 is 0 Å². The van der Waals surface area contributed by atoms with Crippen molar-refractivity contribution >= 4 is 27.7 Å². The lowest BCUT2D eigenvalue weighted by atomic mass is 9.96. The Labute approximate surface area is 181 Å². The van der Waals surface area contributed by atoms with Crippen molar-refractivity contribution in [1.29, 1.82) is 0 Å². The maximum Gasteiger partial charge on any atom is 0.248 e. The molecule has 3 heterocycles. The summed E-state index contributed by atoms with van der Waals surface area (Å²) in [6.07, 6.45) is 0.918. The first-order valence-electron chi connectivity index (χ1n) is 11.1. The van der Waals surface area contributed by atoms with E-state index in [-0.39, 0.29) is 5.56 Å². The van der Waals surface area contributed by atoms with Gasteiger partial charge in [-0.2, -0.15) is 0 Å². The predicted octanol–water partition coefficient (Wildman–Crippen LogP) is 4.16. The third kappa shape index (κ3) is 3.83. The fourth-order valence-corrected chi connectivity index (χ4v) is 4.62. The summed E-state index contributed by atoms with van der Waals surface area (Å²) >= 11 is 0. The summed E-state index contributed by atoms with van der Waals surface area (Å²) in [5.41, 5.74) is 4.14. The molecule has 0 amide bonds. The van der Waals surface area contributed by atoms with Crippen LogP contribution in [0.2, 0.25) is 0 Å². The molecule has 5 rings (SSSR count). The molecule has 6 nitrogen and oxygen atoms in total. The summed E-state index contributed by atoms with van der Waals surface area (Å²) in [6, 6.07) is 16.1. The topological polar surface area (TPSA) is 65.4 Å². The summed E-state index contributed by atoms with van der Waals surface area (Å²) in [6.45, 7) is 9.08. The van der Waals surface area contributed by atoms with Crippen molar-refractivity contribution in [3.8, 4) is 0 Å². The molecule has 1 saturated heterocycles. The SMILES string of the molecule is CC(C)c1cc(=O)[nH]c2c(CCN3CCN(c4noc5ccccc45)CC3)cccc12. The molecule has 0 atom stereocenters. The molecule has 1 fully saturated rings. The summed E-state index contributed by atoms with van der Waals surface area (Å²) in [5, 5.41) is 6.54. The number of para-hydroxylation sites is 2. The molecule has 31 heavy (non-hydrogen) atoms. The number of benzene rings is 2. The van der Waals surface area contributed by atoms with E-state index >= 15 is 0 Å². The van der Waals surface area contributed by atoms with E-state index in [0.29, 0.717) is 5.92 Å². The second-order valence-corrected chi connectivity index (χ2v) is 8.66. The minimum Gasteiger partial charge on any atom is -0.354 e. The van der Waals surface area contributed by atoms with Crippen molar-refractivity contribution < 1.29 is 4.52 Å². The Morgan fingerprint density at radius 1 is 1.03 bits per heavy atom.